The van der Waals surface area contributed by atoms with Crippen LogP contribution in [0.5, 0.6) is 0 Å². The zero-order valence-corrected chi connectivity index (χ0v) is 15.4. The van der Waals surface area contributed by atoms with Crippen LogP contribution in [-0.4, -0.2) is 20.1 Å². The Morgan fingerprint density at radius 1 is 0.900 bits per heavy atom. The predicted octanol–water partition coefficient (Wildman–Crippen LogP) is 5.27. The topological polar surface area (TPSA) is 26.3 Å². The normalized spacial score (nSPS) is 14.9. The van der Waals surface area contributed by atoms with Crippen molar-refractivity contribution in [1.82, 2.24) is 0 Å². The summed E-state index contributed by atoms with van der Waals surface area (Å²) in [5, 5.41) is 0. The van der Waals surface area contributed by atoms with E-state index in [4.69, 9.17) is 4.74 Å². The standard InChI is InChI=1S/C17H32O2Si/c1-13(2)20(14(3)4,15(5)6)12-10-9-11-16(7)19-17(8)18/h9-16H,1-8H3/b11-9+,12-10+/t16-/m1/s1. The van der Waals surface area contributed by atoms with Crippen LogP contribution in [0.1, 0.15) is 55.4 Å². The van der Waals surface area contributed by atoms with Gasteiger partial charge in [0.2, 0.25) is 0 Å². The molecule has 0 aromatic rings. The van der Waals surface area contributed by atoms with Gasteiger partial charge in [0.15, 0.2) is 0 Å². The lowest BCUT2D eigenvalue weighted by Crippen LogP contribution is -2.42. The minimum absolute atomic E-state index is 0.162. The second kappa shape index (κ2) is 8.45. The fourth-order valence-electron chi connectivity index (χ4n) is 3.32. The van der Waals surface area contributed by atoms with Gasteiger partial charge in [-0.3, -0.25) is 4.79 Å². The number of ether oxygens (including phenoxy) is 1. The molecule has 0 bridgehead atoms. The molecule has 0 saturated carbocycles. The Kier molecular flexibility index (Phi) is 8.10. The minimum Gasteiger partial charge on any atom is -0.459 e. The molecule has 0 aliphatic heterocycles. The van der Waals surface area contributed by atoms with Gasteiger partial charge in [-0.15, -0.1) is 0 Å². The first kappa shape index (κ1) is 19.2. The molecule has 0 radical (unpaired) electrons. The Balaban J connectivity index is 4.96. The van der Waals surface area contributed by atoms with Crippen LogP contribution in [0.25, 0.3) is 0 Å². The van der Waals surface area contributed by atoms with Crippen molar-refractivity contribution in [1.29, 1.82) is 0 Å². The van der Waals surface area contributed by atoms with Crippen molar-refractivity contribution >= 4 is 14.0 Å². The van der Waals surface area contributed by atoms with E-state index in [1.165, 1.54) is 6.92 Å². The highest BCUT2D eigenvalue weighted by Gasteiger charge is 2.39. The average Bonchev–Trinajstić information content (AvgIpc) is 2.26. The third-order valence-electron chi connectivity index (χ3n) is 4.23. The van der Waals surface area contributed by atoms with Crippen molar-refractivity contribution in [2.24, 2.45) is 0 Å². The molecule has 0 aliphatic carbocycles. The van der Waals surface area contributed by atoms with E-state index in [1.807, 2.05) is 19.1 Å². The van der Waals surface area contributed by atoms with E-state index < -0.39 is 8.07 Å². The van der Waals surface area contributed by atoms with Gasteiger partial charge >= 0.3 is 5.97 Å². The monoisotopic (exact) mass is 296 g/mol. The van der Waals surface area contributed by atoms with Crippen LogP contribution in [0.4, 0.5) is 0 Å². The van der Waals surface area contributed by atoms with Gasteiger partial charge < -0.3 is 4.74 Å². The number of hydrogen-bond donors (Lipinski definition) is 0. The van der Waals surface area contributed by atoms with Gasteiger partial charge in [-0.05, 0) is 29.6 Å². The van der Waals surface area contributed by atoms with Crippen LogP contribution in [-0.2, 0) is 9.53 Å². The van der Waals surface area contributed by atoms with E-state index in [-0.39, 0.29) is 12.1 Å². The number of rotatable bonds is 7. The Hall–Kier alpha value is -0.833. The first-order chi connectivity index (χ1) is 9.14. The van der Waals surface area contributed by atoms with E-state index in [2.05, 4.69) is 53.3 Å². The molecular formula is C17H32O2Si. The number of hydrogen-bond acceptors (Lipinski definition) is 2. The maximum atomic E-state index is 10.8. The molecule has 116 valence electrons. The molecule has 3 heteroatoms. The molecule has 0 aliphatic rings. The fourth-order valence-corrected chi connectivity index (χ4v) is 8.92. The highest BCUT2D eigenvalue weighted by molar-refractivity contribution is 6.88. The number of carbonyl (C=O) groups is 1. The quantitative estimate of drug-likeness (QED) is 0.363. The number of carbonyl (C=O) groups excluding carboxylic acids is 1. The van der Waals surface area contributed by atoms with Crippen molar-refractivity contribution in [2.75, 3.05) is 0 Å². The second-order valence-corrected chi connectivity index (χ2v) is 12.3. The van der Waals surface area contributed by atoms with Crippen molar-refractivity contribution in [3.63, 3.8) is 0 Å². The van der Waals surface area contributed by atoms with Crippen LogP contribution in [0, 0.1) is 0 Å². The lowest BCUT2D eigenvalue weighted by molar-refractivity contribution is -0.143. The molecule has 0 aromatic carbocycles. The fraction of sp³-hybridized carbons (Fsp3) is 0.706. The summed E-state index contributed by atoms with van der Waals surface area (Å²) >= 11 is 0. The summed E-state index contributed by atoms with van der Waals surface area (Å²) in [4.78, 5) is 10.8. The van der Waals surface area contributed by atoms with Crippen molar-refractivity contribution in [3.8, 4) is 0 Å². The average molecular weight is 297 g/mol. The van der Waals surface area contributed by atoms with Crippen LogP contribution in [0.2, 0.25) is 16.6 Å². The third kappa shape index (κ3) is 5.27. The van der Waals surface area contributed by atoms with Crippen molar-refractivity contribution < 1.29 is 9.53 Å². The maximum absolute atomic E-state index is 10.8. The van der Waals surface area contributed by atoms with E-state index in [9.17, 15) is 4.79 Å². The van der Waals surface area contributed by atoms with Gasteiger partial charge in [0.1, 0.15) is 6.10 Å². The van der Waals surface area contributed by atoms with Crippen LogP contribution in [0.15, 0.2) is 23.9 Å². The highest BCUT2D eigenvalue weighted by atomic mass is 28.3. The largest absolute Gasteiger partial charge is 0.459 e. The minimum atomic E-state index is -1.47. The van der Waals surface area contributed by atoms with Gasteiger partial charge in [0.25, 0.3) is 0 Å². The van der Waals surface area contributed by atoms with Crippen molar-refractivity contribution in [3.05, 3.63) is 23.9 Å². The maximum Gasteiger partial charge on any atom is 0.303 e. The smallest absolute Gasteiger partial charge is 0.303 e. The van der Waals surface area contributed by atoms with E-state index in [1.54, 1.807) is 0 Å². The molecule has 0 spiro atoms. The summed E-state index contributed by atoms with van der Waals surface area (Å²) in [5.74, 6) is -0.235. The Morgan fingerprint density at radius 3 is 1.70 bits per heavy atom. The summed E-state index contributed by atoms with van der Waals surface area (Å²) in [6.07, 6.45) is 5.94. The summed E-state index contributed by atoms with van der Waals surface area (Å²) < 4.78 is 5.08. The highest BCUT2D eigenvalue weighted by Crippen LogP contribution is 2.42. The number of esters is 1. The van der Waals surface area contributed by atoms with E-state index >= 15 is 0 Å². The second-order valence-electron chi connectivity index (χ2n) is 6.52. The molecule has 0 heterocycles. The van der Waals surface area contributed by atoms with Gasteiger partial charge in [-0.2, -0.15) is 0 Å². The molecule has 20 heavy (non-hydrogen) atoms. The van der Waals surface area contributed by atoms with Crippen molar-refractivity contribution in [2.45, 2.75) is 78.1 Å². The molecule has 0 amide bonds. The Labute approximate surface area is 126 Å². The van der Waals surface area contributed by atoms with Gasteiger partial charge in [0.05, 0.1) is 8.07 Å². The zero-order chi connectivity index (χ0) is 15.9. The van der Waals surface area contributed by atoms with Gasteiger partial charge in [0, 0.05) is 6.92 Å². The summed E-state index contributed by atoms with van der Waals surface area (Å²) in [5.41, 5.74) is 4.62. The number of allylic oxidation sites excluding steroid dienone is 2. The summed E-state index contributed by atoms with van der Waals surface area (Å²) in [6, 6.07) is 0. The Morgan fingerprint density at radius 2 is 1.35 bits per heavy atom. The molecule has 0 fully saturated rings. The zero-order valence-electron chi connectivity index (χ0n) is 14.4. The molecular weight excluding hydrogens is 264 g/mol. The summed E-state index contributed by atoms with van der Waals surface area (Å²) in [7, 11) is -1.47. The third-order valence-corrected chi connectivity index (χ3v) is 11.0. The summed E-state index contributed by atoms with van der Waals surface area (Å²) in [6.45, 7) is 17.4. The van der Waals surface area contributed by atoms with E-state index in [0.717, 1.165) is 16.6 Å². The molecule has 0 unspecified atom stereocenters. The first-order valence-corrected chi connectivity index (χ1v) is 9.98. The van der Waals surface area contributed by atoms with Gasteiger partial charge in [-0.1, -0.05) is 59.4 Å². The van der Waals surface area contributed by atoms with E-state index in [0.29, 0.717) is 0 Å². The first-order valence-electron chi connectivity index (χ1n) is 7.67. The lowest BCUT2D eigenvalue weighted by atomic mass is 10.3. The SMILES string of the molecule is CC(=O)O[C@H](C)/C=C/C=C/[Si](C(C)C)(C(C)C)C(C)C. The lowest BCUT2D eigenvalue weighted by Gasteiger charge is -2.40. The van der Waals surface area contributed by atoms with Crippen LogP contribution >= 0.6 is 0 Å². The van der Waals surface area contributed by atoms with Crippen LogP contribution < -0.4 is 0 Å². The molecule has 0 rings (SSSR count). The molecule has 0 N–H and O–H groups in total. The molecule has 1 atom stereocenters. The molecule has 0 saturated heterocycles. The molecule has 0 aromatic heterocycles. The van der Waals surface area contributed by atoms with Crippen LogP contribution in [0.3, 0.4) is 0 Å². The predicted molar refractivity (Wildman–Crippen MR) is 90.6 cm³/mol. The van der Waals surface area contributed by atoms with Gasteiger partial charge in [-0.25, -0.2) is 0 Å². The Bertz CT molecular complexity index is 332. The molecule has 2 nitrogen and oxygen atoms in total.